The molecular weight excluding hydrogens is 308 g/mol. The van der Waals surface area contributed by atoms with E-state index < -0.39 is 10.0 Å². The maximum absolute atomic E-state index is 12.3. The van der Waals surface area contributed by atoms with Crippen molar-refractivity contribution in [3.63, 3.8) is 0 Å². The molecule has 0 saturated heterocycles. The summed E-state index contributed by atoms with van der Waals surface area (Å²) in [5, 5.41) is 0. The first-order chi connectivity index (χ1) is 11.1. The highest BCUT2D eigenvalue weighted by molar-refractivity contribution is 7.92. The van der Waals surface area contributed by atoms with Crippen LogP contribution in [0.15, 0.2) is 54.6 Å². The average molecular weight is 330 g/mol. The molecule has 0 unspecified atom stereocenters. The zero-order valence-corrected chi connectivity index (χ0v) is 14.2. The first kappa shape index (κ1) is 16.0. The summed E-state index contributed by atoms with van der Waals surface area (Å²) in [5.41, 5.74) is 3.03. The Morgan fingerprint density at radius 3 is 2.52 bits per heavy atom. The quantitative estimate of drug-likeness (QED) is 0.818. The number of fused-ring (bicyclic) bond motifs is 1. The third-order valence-electron chi connectivity index (χ3n) is 4.13. The molecule has 2 aromatic rings. The lowest BCUT2D eigenvalue weighted by Gasteiger charge is -2.21. The number of sulfonamides is 1. The van der Waals surface area contributed by atoms with Crippen LogP contribution in [0.25, 0.3) is 0 Å². The van der Waals surface area contributed by atoms with Crippen LogP contribution in [-0.2, 0) is 22.3 Å². The lowest BCUT2D eigenvalue weighted by atomic mass is 10.2. The number of para-hydroxylation sites is 1. The minimum Gasteiger partial charge on any atom is -0.302 e. The maximum atomic E-state index is 12.3. The molecule has 5 heteroatoms. The number of anilines is 1. The summed E-state index contributed by atoms with van der Waals surface area (Å²) in [6.45, 7) is 2.28. The van der Waals surface area contributed by atoms with Gasteiger partial charge in [0.1, 0.15) is 0 Å². The van der Waals surface area contributed by atoms with Crippen molar-refractivity contribution in [2.75, 3.05) is 24.4 Å². The molecule has 0 spiro atoms. The lowest BCUT2D eigenvalue weighted by molar-refractivity contribution is 0.324. The van der Waals surface area contributed by atoms with Gasteiger partial charge in [0, 0.05) is 13.1 Å². The highest BCUT2D eigenvalue weighted by Crippen LogP contribution is 2.33. The fourth-order valence-corrected chi connectivity index (χ4v) is 4.70. The predicted octanol–water partition coefficient (Wildman–Crippen LogP) is 2.86. The molecule has 0 saturated carbocycles. The first-order valence-corrected chi connectivity index (χ1v) is 9.48. The van der Waals surface area contributed by atoms with Gasteiger partial charge in [-0.15, -0.1) is 0 Å². The van der Waals surface area contributed by atoms with Gasteiger partial charge in [0.15, 0.2) is 0 Å². The smallest absolute Gasteiger partial charge is 0.239 e. The van der Waals surface area contributed by atoms with Gasteiger partial charge in [-0.25, -0.2) is 8.42 Å². The summed E-state index contributed by atoms with van der Waals surface area (Å²) in [5.74, 6) is 0.128. The fraction of sp³-hybridized carbons (Fsp3) is 0.333. The molecule has 0 aliphatic carbocycles. The maximum Gasteiger partial charge on any atom is 0.239 e. The van der Waals surface area contributed by atoms with Crippen LogP contribution in [0.5, 0.6) is 0 Å². The zero-order chi connectivity index (χ0) is 16.3. The van der Waals surface area contributed by atoms with Gasteiger partial charge < -0.3 is 4.90 Å². The second kappa shape index (κ2) is 6.72. The monoisotopic (exact) mass is 330 g/mol. The van der Waals surface area contributed by atoms with Crippen molar-refractivity contribution in [1.29, 1.82) is 0 Å². The van der Waals surface area contributed by atoms with Crippen LogP contribution < -0.4 is 4.31 Å². The minimum absolute atomic E-state index is 0.128. The van der Waals surface area contributed by atoms with E-state index >= 15 is 0 Å². The van der Waals surface area contributed by atoms with E-state index in [1.54, 1.807) is 4.31 Å². The van der Waals surface area contributed by atoms with Crippen LogP contribution in [-0.4, -0.2) is 33.5 Å². The Balaban J connectivity index is 1.56. The molecule has 23 heavy (non-hydrogen) atoms. The van der Waals surface area contributed by atoms with Crippen LogP contribution >= 0.6 is 0 Å². The Bertz CT molecular complexity index is 760. The molecule has 1 aliphatic rings. The summed E-state index contributed by atoms with van der Waals surface area (Å²) < 4.78 is 26.2. The van der Waals surface area contributed by atoms with E-state index in [0.29, 0.717) is 6.54 Å². The van der Waals surface area contributed by atoms with Gasteiger partial charge in [0.25, 0.3) is 0 Å². The number of hydrogen-bond acceptors (Lipinski definition) is 3. The van der Waals surface area contributed by atoms with E-state index in [2.05, 4.69) is 24.1 Å². The van der Waals surface area contributed by atoms with E-state index in [9.17, 15) is 8.42 Å². The molecule has 0 radical (unpaired) electrons. The van der Waals surface area contributed by atoms with Crippen molar-refractivity contribution < 1.29 is 8.42 Å². The van der Waals surface area contributed by atoms with E-state index in [4.69, 9.17) is 0 Å². The van der Waals surface area contributed by atoms with Gasteiger partial charge in [-0.05, 0) is 37.2 Å². The first-order valence-electron chi connectivity index (χ1n) is 7.87. The molecule has 3 rings (SSSR count). The van der Waals surface area contributed by atoms with Gasteiger partial charge in [-0.2, -0.15) is 0 Å². The normalized spacial score (nSPS) is 15.8. The fourth-order valence-electron chi connectivity index (χ4n) is 3.02. The van der Waals surface area contributed by atoms with Crippen LogP contribution in [0.4, 0.5) is 5.69 Å². The molecule has 0 atom stereocenters. The largest absolute Gasteiger partial charge is 0.302 e. The predicted molar refractivity (Wildman–Crippen MR) is 93.8 cm³/mol. The zero-order valence-electron chi connectivity index (χ0n) is 13.4. The number of benzene rings is 2. The van der Waals surface area contributed by atoms with Crippen LogP contribution in [0.2, 0.25) is 0 Å². The SMILES string of the molecule is CN(CCCN1c2ccccc2CS1(=O)=O)Cc1ccccc1. The Kier molecular flexibility index (Phi) is 4.68. The van der Waals surface area contributed by atoms with Crippen LogP contribution in [0.3, 0.4) is 0 Å². The lowest BCUT2D eigenvalue weighted by Crippen LogP contribution is -2.30. The molecule has 4 nitrogen and oxygen atoms in total. The summed E-state index contributed by atoms with van der Waals surface area (Å²) in [6.07, 6.45) is 0.816. The van der Waals surface area contributed by atoms with Crippen molar-refractivity contribution >= 4 is 15.7 Å². The highest BCUT2D eigenvalue weighted by Gasteiger charge is 2.32. The van der Waals surface area contributed by atoms with Crippen LogP contribution in [0.1, 0.15) is 17.5 Å². The summed E-state index contributed by atoms with van der Waals surface area (Å²) in [7, 11) is -1.12. The topological polar surface area (TPSA) is 40.6 Å². The molecule has 0 aromatic heterocycles. The minimum atomic E-state index is -3.19. The van der Waals surface area contributed by atoms with Crippen molar-refractivity contribution in [1.82, 2.24) is 4.90 Å². The molecular formula is C18H22N2O2S. The van der Waals surface area contributed by atoms with E-state index in [0.717, 1.165) is 30.8 Å². The van der Waals surface area contributed by atoms with Gasteiger partial charge in [0.2, 0.25) is 10.0 Å². The summed E-state index contributed by atoms with van der Waals surface area (Å²) in [6, 6.07) is 17.9. The molecule has 0 fully saturated rings. The van der Waals surface area contributed by atoms with E-state index in [-0.39, 0.29) is 5.75 Å². The average Bonchev–Trinajstić information content (AvgIpc) is 2.78. The number of nitrogens with zero attached hydrogens (tertiary/aromatic N) is 2. The second-order valence-corrected chi connectivity index (χ2v) is 7.93. The summed E-state index contributed by atoms with van der Waals surface area (Å²) in [4.78, 5) is 2.23. The standard InChI is InChI=1S/C18H22N2O2S/c1-19(14-16-8-3-2-4-9-16)12-7-13-20-18-11-6-5-10-17(18)15-23(20,21)22/h2-6,8-11H,7,12-15H2,1H3. The Morgan fingerprint density at radius 1 is 1.04 bits per heavy atom. The van der Waals surface area contributed by atoms with Gasteiger partial charge in [-0.3, -0.25) is 4.31 Å². The van der Waals surface area contributed by atoms with Crippen molar-refractivity contribution in [2.45, 2.75) is 18.7 Å². The third-order valence-corrected chi connectivity index (χ3v) is 5.86. The van der Waals surface area contributed by atoms with Gasteiger partial charge >= 0.3 is 0 Å². The molecule has 122 valence electrons. The molecule has 2 aromatic carbocycles. The van der Waals surface area contributed by atoms with Gasteiger partial charge in [0.05, 0.1) is 11.4 Å². The second-order valence-electron chi connectivity index (χ2n) is 6.03. The van der Waals surface area contributed by atoms with Crippen molar-refractivity contribution in [2.24, 2.45) is 0 Å². The molecule has 0 bridgehead atoms. The number of hydrogen-bond donors (Lipinski definition) is 0. The molecule has 1 heterocycles. The molecule has 0 amide bonds. The Morgan fingerprint density at radius 2 is 1.74 bits per heavy atom. The van der Waals surface area contributed by atoms with E-state index in [1.165, 1.54) is 5.56 Å². The third kappa shape index (κ3) is 3.74. The highest BCUT2D eigenvalue weighted by atomic mass is 32.2. The van der Waals surface area contributed by atoms with Crippen LogP contribution in [0, 0.1) is 0 Å². The van der Waals surface area contributed by atoms with Crippen molar-refractivity contribution in [3.05, 3.63) is 65.7 Å². The molecule has 1 aliphatic heterocycles. The van der Waals surface area contributed by atoms with Crippen molar-refractivity contribution in [3.8, 4) is 0 Å². The number of rotatable bonds is 6. The Labute approximate surface area is 138 Å². The Hall–Kier alpha value is -1.85. The van der Waals surface area contributed by atoms with E-state index in [1.807, 2.05) is 42.5 Å². The van der Waals surface area contributed by atoms with Gasteiger partial charge in [-0.1, -0.05) is 48.5 Å². The molecule has 0 N–H and O–H groups in total. The summed E-state index contributed by atoms with van der Waals surface area (Å²) >= 11 is 0.